The van der Waals surface area contributed by atoms with Gasteiger partial charge in [-0.15, -0.1) is 0 Å². The Labute approximate surface area is 159 Å². The highest BCUT2D eigenvalue weighted by Crippen LogP contribution is 2.21. The lowest BCUT2D eigenvalue weighted by molar-refractivity contribution is 0.0936. The van der Waals surface area contributed by atoms with Gasteiger partial charge in [0.2, 0.25) is 0 Å². The fraction of sp³-hybridized carbons (Fsp3) is 0.421. The zero-order valence-electron chi connectivity index (χ0n) is 15.6. The van der Waals surface area contributed by atoms with Gasteiger partial charge in [0, 0.05) is 30.8 Å². The maximum Gasteiger partial charge on any atom is 0.270 e. The average Bonchev–Trinajstić information content (AvgIpc) is 3.01. The van der Waals surface area contributed by atoms with Gasteiger partial charge < -0.3 is 10.2 Å². The Morgan fingerprint density at radius 1 is 1.19 bits per heavy atom. The van der Waals surface area contributed by atoms with Crippen LogP contribution in [0.2, 0.25) is 0 Å². The normalized spacial score (nSPS) is 18.2. The predicted octanol–water partition coefficient (Wildman–Crippen LogP) is 1.91. The highest BCUT2D eigenvalue weighted by Gasteiger charge is 2.29. The van der Waals surface area contributed by atoms with Gasteiger partial charge in [-0.2, -0.15) is 0 Å². The molecule has 1 fully saturated rings. The van der Waals surface area contributed by atoms with Crippen molar-refractivity contribution in [1.82, 2.24) is 15.3 Å². The average molecular weight is 388 g/mol. The minimum absolute atomic E-state index is 0.0156. The van der Waals surface area contributed by atoms with E-state index in [0.29, 0.717) is 18.1 Å². The Hall–Kier alpha value is -2.48. The molecule has 0 spiro atoms. The van der Waals surface area contributed by atoms with Crippen molar-refractivity contribution in [2.24, 2.45) is 0 Å². The van der Waals surface area contributed by atoms with E-state index < -0.39 is 9.84 Å². The molecular weight excluding hydrogens is 364 g/mol. The molecule has 8 heteroatoms. The molecule has 7 nitrogen and oxygen atoms in total. The summed E-state index contributed by atoms with van der Waals surface area (Å²) in [6.45, 7) is 5.56. The van der Waals surface area contributed by atoms with Crippen LogP contribution in [0.25, 0.3) is 11.4 Å². The van der Waals surface area contributed by atoms with Gasteiger partial charge >= 0.3 is 0 Å². The number of amides is 1. The summed E-state index contributed by atoms with van der Waals surface area (Å²) in [5, 5.41) is 2.80. The van der Waals surface area contributed by atoms with Gasteiger partial charge in [0.15, 0.2) is 15.7 Å². The number of nitrogens with zero attached hydrogens (tertiary/aromatic N) is 3. The number of hydrogen-bond acceptors (Lipinski definition) is 6. The van der Waals surface area contributed by atoms with Gasteiger partial charge in [0.05, 0.1) is 11.5 Å². The topological polar surface area (TPSA) is 92.3 Å². The fourth-order valence-electron chi connectivity index (χ4n) is 3.14. The lowest BCUT2D eigenvalue weighted by atomic mass is 10.2. The Morgan fingerprint density at radius 2 is 1.89 bits per heavy atom. The molecule has 1 aromatic carbocycles. The summed E-state index contributed by atoms with van der Waals surface area (Å²) in [6, 6.07) is 10.8. The number of anilines is 1. The SMILES string of the molecule is CCN(CC)c1cc(C(=O)NC2CCS(=O)(=O)C2)nc(-c2ccccc2)n1. The molecule has 1 saturated heterocycles. The van der Waals surface area contributed by atoms with Crippen LogP contribution < -0.4 is 10.2 Å². The lowest BCUT2D eigenvalue weighted by Gasteiger charge is -2.21. The van der Waals surface area contributed by atoms with Gasteiger partial charge in [0.25, 0.3) is 5.91 Å². The molecule has 1 atom stereocenters. The van der Waals surface area contributed by atoms with Gasteiger partial charge in [-0.1, -0.05) is 30.3 Å². The van der Waals surface area contributed by atoms with E-state index in [-0.39, 0.29) is 29.1 Å². The predicted molar refractivity (Wildman–Crippen MR) is 106 cm³/mol. The zero-order valence-corrected chi connectivity index (χ0v) is 16.4. The molecule has 1 unspecified atom stereocenters. The van der Waals surface area contributed by atoms with Crippen LogP contribution in [-0.2, 0) is 9.84 Å². The summed E-state index contributed by atoms with van der Waals surface area (Å²) in [7, 11) is -3.06. The number of carbonyl (C=O) groups is 1. The fourth-order valence-corrected chi connectivity index (χ4v) is 4.82. The number of rotatable bonds is 6. The molecule has 1 aromatic heterocycles. The molecule has 0 radical (unpaired) electrons. The summed E-state index contributed by atoms with van der Waals surface area (Å²) in [5.41, 5.74) is 1.07. The lowest BCUT2D eigenvalue weighted by Crippen LogP contribution is -2.36. The minimum atomic E-state index is -3.06. The first-order chi connectivity index (χ1) is 12.9. The van der Waals surface area contributed by atoms with Crippen molar-refractivity contribution in [2.45, 2.75) is 26.3 Å². The van der Waals surface area contributed by atoms with E-state index in [0.717, 1.165) is 18.7 Å². The van der Waals surface area contributed by atoms with Crippen LogP contribution in [0.1, 0.15) is 30.8 Å². The molecule has 0 aliphatic carbocycles. The highest BCUT2D eigenvalue weighted by atomic mass is 32.2. The molecule has 0 saturated carbocycles. The van der Waals surface area contributed by atoms with Crippen molar-refractivity contribution in [3.8, 4) is 11.4 Å². The Balaban J connectivity index is 1.93. The minimum Gasteiger partial charge on any atom is -0.357 e. The molecule has 2 aromatic rings. The number of carbonyl (C=O) groups excluding carboxylic acids is 1. The van der Waals surface area contributed by atoms with E-state index in [2.05, 4.69) is 15.3 Å². The second-order valence-corrected chi connectivity index (χ2v) is 8.78. The van der Waals surface area contributed by atoms with Gasteiger partial charge in [-0.05, 0) is 20.3 Å². The third kappa shape index (κ3) is 4.63. The Morgan fingerprint density at radius 3 is 2.48 bits per heavy atom. The maximum absolute atomic E-state index is 12.7. The third-order valence-corrected chi connectivity index (χ3v) is 6.40. The largest absolute Gasteiger partial charge is 0.357 e. The standard InChI is InChI=1S/C19H24N4O3S/c1-3-23(4-2)17-12-16(19(24)20-15-10-11-27(25,26)13-15)21-18(22-17)14-8-6-5-7-9-14/h5-9,12,15H,3-4,10-11,13H2,1-2H3,(H,20,24). The maximum atomic E-state index is 12.7. The summed E-state index contributed by atoms with van der Waals surface area (Å²) >= 11 is 0. The second-order valence-electron chi connectivity index (χ2n) is 6.55. The molecule has 1 aliphatic rings. The van der Waals surface area contributed by atoms with Crippen molar-refractivity contribution in [2.75, 3.05) is 29.5 Å². The van der Waals surface area contributed by atoms with Crippen LogP contribution in [-0.4, -0.2) is 54.9 Å². The molecule has 1 aliphatic heterocycles. The number of hydrogen-bond donors (Lipinski definition) is 1. The molecule has 1 amide bonds. The van der Waals surface area contributed by atoms with E-state index >= 15 is 0 Å². The van der Waals surface area contributed by atoms with E-state index in [4.69, 9.17) is 0 Å². The smallest absolute Gasteiger partial charge is 0.270 e. The van der Waals surface area contributed by atoms with Gasteiger partial charge in [-0.3, -0.25) is 4.79 Å². The quantitative estimate of drug-likeness (QED) is 0.813. The monoisotopic (exact) mass is 388 g/mol. The van der Waals surface area contributed by atoms with E-state index in [1.165, 1.54) is 0 Å². The summed E-state index contributed by atoms with van der Waals surface area (Å²) in [6.07, 6.45) is 0.438. The number of aromatic nitrogens is 2. The first-order valence-corrected chi connectivity index (χ1v) is 10.9. The summed E-state index contributed by atoms with van der Waals surface area (Å²) in [5.74, 6) is 0.882. The van der Waals surface area contributed by atoms with Crippen LogP contribution in [0.5, 0.6) is 0 Å². The van der Waals surface area contributed by atoms with Crippen molar-refractivity contribution >= 4 is 21.6 Å². The second kappa shape index (κ2) is 8.04. The Kier molecular flexibility index (Phi) is 5.74. The first kappa shape index (κ1) is 19.3. The highest BCUT2D eigenvalue weighted by molar-refractivity contribution is 7.91. The van der Waals surface area contributed by atoms with Gasteiger partial charge in [0.1, 0.15) is 11.5 Å². The number of benzene rings is 1. The van der Waals surface area contributed by atoms with Crippen LogP contribution >= 0.6 is 0 Å². The molecule has 27 heavy (non-hydrogen) atoms. The molecular formula is C19H24N4O3S. The van der Waals surface area contributed by atoms with Crippen molar-refractivity contribution < 1.29 is 13.2 Å². The van der Waals surface area contributed by atoms with Crippen LogP contribution in [0.3, 0.4) is 0 Å². The number of nitrogens with one attached hydrogen (secondary N) is 1. The first-order valence-electron chi connectivity index (χ1n) is 9.12. The van der Waals surface area contributed by atoms with Gasteiger partial charge in [-0.25, -0.2) is 18.4 Å². The molecule has 3 rings (SSSR count). The molecule has 2 heterocycles. The van der Waals surface area contributed by atoms with Crippen molar-refractivity contribution in [3.63, 3.8) is 0 Å². The summed E-state index contributed by atoms with van der Waals surface area (Å²) in [4.78, 5) is 23.8. The molecule has 1 N–H and O–H groups in total. The van der Waals surface area contributed by atoms with Crippen LogP contribution in [0.15, 0.2) is 36.4 Å². The van der Waals surface area contributed by atoms with Crippen LogP contribution in [0, 0.1) is 0 Å². The molecule has 144 valence electrons. The molecule has 0 bridgehead atoms. The Bertz CT molecular complexity index is 912. The van der Waals surface area contributed by atoms with Crippen molar-refractivity contribution in [1.29, 1.82) is 0 Å². The van der Waals surface area contributed by atoms with E-state index in [9.17, 15) is 13.2 Å². The van der Waals surface area contributed by atoms with Crippen LogP contribution in [0.4, 0.5) is 5.82 Å². The van der Waals surface area contributed by atoms with E-state index in [1.54, 1.807) is 6.07 Å². The summed E-state index contributed by atoms with van der Waals surface area (Å²) < 4.78 is 23.3. The number of sulfone groups is 1. The van der Waals surface area contributed by atoms with E-state index in [1.807, 2.05) is 49.1 Å². The van der Waals surface area contributed by atoms with Crippen molar-refractivity contribution in [3.05, 3.63) is 42.1 Å². The zero-order chi connectivity index (χ0) is 19.4. The third-order valence-electron chi connectivity index (χ3n) is 4.63.